The van der Waals surface area contributed by atoms with E-state index in [1.165, 1.54) is 5.56 Å². The number of likely N-dealkylation sites (N-methyl/N-ethyl adjacent to an activating group) is 1. The molecule has 0 saturated carbocycles. The summed E-state index contributed by atoms with van der Waals surface area (Å²) in [4.78, 5) is 0. The first kappa shape index (κ1) is 13.1. The SMILES string of the molecule is CCNC(Cc1ccsc1)C1CCS(=O)(=O)C1. The summed E-state index contributed by atoms with van der Waals surface area (Å²) >= 11 is 1.70. The molecule has 0 aliphatic carbocycles. The van der Waals surface area contributed by atoms with Gasteiger partial charge in [-0.05, 0) is 47.7 Å². The van der Waals surface area contributed by atoms with Crippen molar-refractivity contribution in [3.63, 3.8) is 0 Å². The quantitative estimate of drug-likeness (QED) is 0.888. The van der Waals surface area contributed by atoms with E-state index in [1.54, 1.807) is 11.3 Å². The van der Waals surface area contributed by atoms with Crippen LogP contribution in [0.1, 0.15) is 18.9 Å². The predicted molar refractivity (Wildman–Crippen MR) is 72.2 cm³/mol. The molecule has 3 nitrogen and oxygen atoms in total. The lowest BCUT2D eigenvalue weighted by molar-refractivity contribution is 0.386. The minimum absolute atomic E-state index is 0.278. The Morgan fingerprint density at radius 2 is 2.41 bits per heavy atom. The molecule has 0 spiro atoms. The number of hydrogen-bond donors (Lipinski definition) is 1. The number of sulfone groups is 1. The number of hydrogen-bond acceptors (Lipinski definition) is 4. The zero-order valence-electron chi connectivity index (χ0n) is 10.1. The van der Waals surface area contributed by atoms with Gasteiger partial charge in [-0.2, -0.15) is 11.3 Å². The van der Waals surface area contributed by atoms with E-state index in [2.05, 4.69) is 29.1 Å². The first-order chi connectivity index (χ1) is 8.11. The molecule has 1 aromatic rings. The van der Waals surface area contributed by atoms with Crippen LogP contribution in [0.2, 0.25) is 0 Å². The highest BCUT2D eigenvalue weighted by Gasteiger charge is 2.33. The largest absolute Gasteiger partial charge is 0.314 e. The van der Waals surface area contributed by atoms with Gasteiger partial charge in [-0.1, -0.05) is 6.92 Å². The van der Waals surface area contributed by atoms with E-state index >= 15 is 0 Å². The van der Waals surface area contributed by atoms with Crippen LogP contribution in [0, 0.1) is 5.92 Å². The lowest BCUT2D eigenvalue weighted by Gasteiger charge is -2.23. The Hall–Kier alpha value is -0.390. The van der Waals surface area contributed by atoms with Crippen LogP contribution < -0.4 is 5.32 Å². The maximum Gasteiger partial charge on any atom is 0.150 e. The Morgan fingerprint density at radius 3 is 2.94 bits per heavy atom. The monoisotopic (exact) mass is 273 g/mol. The van der Waals surface area contributed by atoms with Gasteiger partial charge >= 0.3 is 0 Å². The molecule has 0 amide bonds. The Labute approximate surface area is 107 Å². The molecule has 1 N–H and O–H groups in total. The van der Waals surface area contributed by atoms with Crippen LogP contribution in [-0.2, 0) is 16.3 Å². The van der Waals surface area contributed by atoms with E-state index in [-0.39, 0.29) is 5.92 Å². The highest BCUT2D eigenvalue weighted by molar-refractivity contribution is 7.91. The van der Waals surface area contributed by atoms with Crippen molar-refractivity contribution in [2.45, 2.75) is 25.8 Å². The normalized spacial score (nSPS) is 24.9. The third kappa shape index (κ3) is 3.53. The molecular formula is C12H19NO2S2. The standard InChI is InChI=1S/C12H19NO2S2/c1-2-13-12(7-10-3-5-16-8-10)11-4-6-17(14,15)9-11/h3,5,8,11-13H,2,4,6-7,9H2,1H3. The topological polar surface area (TPSA) is 46.2 Å². The van der Waals surface area contributed by atoms with Gasteiger partial charge in [0.05, 0.1) is 11.5 Å². The van der Waals surface area contributed by atoms with E-state index in [0.717, 1.165) is 19.4 Å². The van der Waals surface area contributed by atoms with Crippen LogP contribution in [0.15, 0.2) is 16.8 Å². The molecule has 1 aromatic heterocycles. The fourth-order valence-electron chi connectivity index (χ4n) is 2.47. The van der Waals surface area contributed by atoms with E-state index in [4.69, 9.17) is 0 Å². The molecule has 96 valence electrons. The predicted octanol–water partition coefficient (Wildman–Crippen LogP) is 1.70. The second-order valence-electron chi connectivity index (χ2n) is 4.66. The van der Waals surface area contributed by atoms with Gasteiger partial charge in [-0.3, -0.25) is 0 Å². The minimum atomic E-state index is -2.78. The molecule has 0 radical (unpaired) electrons. The molecule has 1 aliphatic heterocycles. The van der Waals surface area contributed by atoms with Gasteiger partial charge < -0.3 is 5.32 Å². The van der Waals surface area contributed by atoms with Gasteiger partial charge in [-0.15, -0.1) is 0 Å². The van der Waals surface area contributed by atoms with Gasteiger partial charge in [0.25, 0.3) is 0 Å². The average molecular weight is 273 g/mol. The van der Waals surface area contributed by atoms with E-state index < -0.39 is 9.84 Å². The molecule has 1 saturated heterocycles. The summed E-state index contributed by atoms with van der Waals surface area (Å²) in [5, 5.41) is 7.66. The molecule has 2 rings (SSSR count). The maximum absolute atomic E-state index is 11.5. The minimum Gasteiger partial charge on any atom is -0.314 e. The van der Waals surface area contributed by atoms with Crippen LogP contribution in [-0.4, -0.2) is 32.5 Å². The van der Waals surface area contributed by atoms with Gasteiger partial charge in [0, 0.05) is 6.04 Å². The van der Waals surface area contributed by atoms with E-state index in [0.29, 0.717) is 17.5 Å². The molecule has 17 heavy (non-hydrogen) atoms. The molecule has 2 atom stereocenters. The number of thiophene rings is 1. The molecule has 2 heterocycles. The van der Waals surface area contributed by atoms with Crippen molar-refractivity contribution >= 4 is 21.2 Å². The summed E-state index contributed by atoms with van der Waals surface area (Å²) in [6, 6.07) is 2.42. The van der Waals surface area contributed by atoms with Crippen molar-refractivity contribution in [3.05, 3.63) is 22.4 Å². The molecular weight excluding hydrogens is 254 g/mol. The lowest BCUT2D eigenvalue weighted by Crippen LogP contribution is -2.38. The first-order valence-corrected chi connectivity index (χ1v) is 8.82. The molecule has 1 aliphatic rings. The van der Waals surface area contributed by atoms with Gasteiger partial charge in [-0.25, -0.2) is 8.42 Å². The summed E-state index contributed by atoms with van der Waals surface area (Å²) in [6.45, 7) is 2.97. The molecule has 5 heteroatoms. The smallest absolute Gasteiger partial charge is 0.150 e. The third-order valence-corrected chi connectivity index (χ3v) is 5.86. The Kier molecular flexibility index (Phi) is 4.22. The highest BCUT2D eigenvalue weighted by atomic mass is 32.2. The van der Waals surface area contributed by atoms with Crippen LogP contribution in [0.4, 0.5) is 0 Å². The lowest BCUT2D eigenvalue weighted by atomic mass is 9.94. The maximum atomic E-state index is 11.5. The van der Waals surface area contributed by atoms with Gasteiger partial charge in [0.1, 0.15) is 0 Å². The summed E-state index contributed by atoms with van der Waals surface area (Å²) < 4.78 is 23.1. The summed E-state index contributed by atoms with van der Waals surface area (Å²) in [7, 11) is -2.78. The second kappa shape index (κ2) is 5.50. The zero-order valence-corrected chi connectivity index (χ0v) is 11.7. The first-order valence-electron chi connectivity index (χ1n) is 6.05. The van der Waals surface area contributed by atoms with Gasteiger partial charge in [0.2, 0.25) is 0 Å². The van der Waals surface area contributed by atoms with Gasteiger partial charge in [0.15, 0.2) is 9.84 Å². The highest BCUT2D eigenvalue weighted by Crippen LogP contribution is 2.24. The van der Waals surface area contributed by atoms with Crippen LogP contribution >= 0.6 is 11.3 Å². The molecule has 1 fully saturated rings. The van der Waals surface area contributed by atoms with Crippen LogP contribution in [0.25, 0.3) is 0 Å². The average Bonchev–Trinajstić information content (AvgIpc) is 2.87. The third-order valence-electron chi connectivity index (χ3n) is 3.34. The molecule has 0 aromatic carbocycles. The zero-order chi connectivity index (χ0) is 12.3. The Bertz CT molecular complexity index is 439. The Balaban J connectivity index is 2.02. The van der Waals surface area contributed by atoms with Crippen molar-refractivity contribution in [1.82, 2.24) is 5.32 Å². The van der Waals surface area contributed by atoms with Crippen molar-refractivity contribution in [2.24, 2.45) is 5.92 Å². The summed E-state index contributed by atoms with van der Waals surface area (Å²) in [5.41, 5.74) is 1.31. The number of rotatable bonds is 5. The van der Waals surface area contributed by atoms with Crippen molar-refractivity contribution < 1.29 is 8.42 Å². The summed E-state index contributed by atoms with van der Waals surface area (Å²) in [6.07, 6.45) is 1.75. The van der Waals surface area contributed by atoms with Crippen LogP contribution in [0.3, 0.4) is 0 Å². The second-order valence-corrected chi connectivity index (χ2v) is 7.67. The van der Waals surface area contributed by atoms with Crippen molar-refractivity contribution in [3.8, 4) is 0 Å². The molecule has 2 unspecified atom stereocenters. The number of nitrogens with one attached hydrogen (secondary N) is 1. The van der Waals surface area contributed by atoms with Crippen molar-refractivity contribution in [1.29, 1.82) is 0 Å². The summed E-state index contributed by atoms with van der Waals surface area (Å²) in [5.74, 6) is 0.998. The fourth-order valence-corrected chi connectivity index (χ4v) is 5.03. The van der Waals surface area contributed by atoms with E-state index in [1.807, 2.05) is 0 Å². The molecule has 0 bridgehead atoms. The Morgan fingerprint density at radius 1 is 1.59 bits per heavy atom. The van der Waals surface area contributed by atoms with E-state index in [9.17, 15) is 8.42 Å². The fraction of sp³-hybridized carbons (Fsp3) is 0.667. The van der Waals surface area contributed by atoms with Crippen LogP contribution in [0.5, 0.6) is 0 Å². The van der Waals surface area contributed by atoms with Crippen molar-refractivity contribution in [2.75, 3.05) is 18.1 Å².